The Morgan fingerprint density at radius 1 is 0.739 bits per heavy atom. The topological polar surface area (TPSA) is 0 Å². The van der Waals surface area contributed by atoms with Gasteiger partial charge in [-0.1, -0.05) is 100 Å². The smallest absolute Gasteiger partial charge is 0.0804 e. The summed E-state index contributed by atoms with van der Waals surface area (Å²) in [5, 5.41) is 4.59. The highest BCUT2D eigenvalue weighted by Crippen LogP contribution is 2.39. The van der Waals surface area contributed by atoms with Gasteiger partial charge in [-0.3, -0.25) is 0 Å². The minimum absolute atomic E-state index is 0.195. The van der Waals surface area contributed by atoms with E-state index < -0.39 is 8.07 Å². The predicted octanol–water partition coefficient (Wildman–Crippen LogP) is 4.72. The van der Waals surface area contributed by atoms with Crippen molar-refractivity contribution in [2.24, 2.45) is 5.41 Å². The summed E-state index contributed by atoms with van der Waals surface area (Å²) >= 11 is 0. The van der Waals surface area contributed by atoms with E-state index in [4.69, 9.17) is 0 Å². The summed E-state index contributed by atoms with van der Waals surface area (Å²) in [4.78, 5) is 0. The summed E-state index contributed by atoms with van der Waals surface area (Å²) in [5.41, 5.74) is 1.74. The number of rotatable bonds is 3. The quantitative estimate of drug-likeness (QED) is 0.718. The van der Waals surface area contributed by atoms with Gasteiger partial charge in [-0.05, 0) is 33.0 Å². The Balaban J connectivity index is 2.21. The van der Waals surface area contributed by atoms with Gasteiger partial charge < -0.3 is 0 Å². The fourth-order valence-electron chi connectivity index (χ4n) is 3.72. The van der Waals surface area contributed by atoms with E-state index in [0.717, 1.165) is 6.42 Å². The van der Waals surface area contributed by atoms with Gasteiger partial charge in [0.05, 0.1) is 0 Å². The van der Waals surface area contributed by atoms with Crippen LogP contribution >= 0.6 is 0 Å². The van der Waals surface area contributed by atoms with Crippen LogP contribution in [0.3, 0.4) is 0 Å². The maximum Gasteiger partial charge on any atom is 0.145 e. The third kappa shape index (κ3) is 2.86. The van der Waals surface area contributed by atoms with E-state index >= 15 is 0 Å². The Labute approximate surface area is 141 Å². The first kappa shape index (κ1) is 16.0. The lowest BCUT2D eigenvalue weighted by molar-refractivity contribution is 0.515. The summed E-state index contributed by atoms with van der Waals surface area (Å²) in [6, 6.07) is 22.2. The van der Waals surface area contributed by atoms with Gasteiger partial charge in [-0.2, -0.15) is 0 Å². The van der Waals surface area contributed by atoms with Gasteiger partial charge in [0.25, 0.3) is 0 Å². The first-order chi connectivity index (χ1) is 10.9. The standard InChI is InChI=1S/C22H26Si/c1-22(2,3)20-16-11-17-21(20)23(4,18-12-7-5-8-13-18)19-14-9-6-10-15-19/h5-10,12-17H,11H2,1-4H3. The average molecular weight is 319 g/mol. The molecule has 0 aliphatic heterocycles. The van der Waals surface area contributed by atoms with Gasteiger partial charge in [0, 0.05) is 0 Å². The zero-order chi connectivity index (χ0) is 16.5. The molecule has 1 aliphatic carbocycles. The highest BCUT2D eigenvalue weighted by atomic mass is 28.3. The fraction of sp³-hybridized carbons (Fsp3) is 0.273. The second-order valence-electron chi connectivity index (χ2n) is 7.58. The molecule has 0 fully saturated rings. The zero-order valence-corrected chi connectivity index (χ0v) is 15.6. The molecule has 2 aromatic carbocycles. The van der Waals surface area contributed by atoms with Crippen molar-refractivity contribution in [2.75, 3.05) is 0 Å². The van der Waals surface area contributed by atoms with Gasteiger partial charge in [-0.25, -0.2) is 0 Å². The van der Waals surface area contributed by atoms with E-state index in [9.17, 15) is 0 Å². The van der Waals surface area contributed by atoms with Crippen LogP contribution in [0.1, 0.15) is 27.2 Å². The highest BCUT2D eigenvalue weighted by molar-refractivity contribution is 7.07. The molecule has 0 nitrogen and oxygen atoms in total. The maximum atomic E-state index is 2.51. The van der Waals surface area contributed by atoms with Gasteiger partial charge >= 0.3 is 0 Å². The molecular weight excluding hydrogens is 292 g/mol. The molecule has 23 heavy (non-hydrogen) atoms. The minimum atomic E-state index is -1.95. The second-order valence-corrected chi connectivity index (χ2v) is 11.5. The van der Waals surface area contributed by atoms with E-state index in [-0.39, 0.29) is 5.41 Å². The van der Waals surface area contributed by atoms with Gasteiger partial charge in [0.15, 0.2) is 0 Å². The minimum Gasteiger partial charge on any atom is -0.0804 e. The van der Waals surface area contributed by atoms with Crippen molar-refractivity contribution >= 4 is 18.4 Å². The van der Waals surface area contributed by atoms with Gasteiger partial charge in [0.2, 0.25) is 0 Å². The van der Waals surface area contributed by atoms with Crippen molar-refractivity contribution in [3.63, 3.8) is 0 Å². The van der Waals surface area contributed by atoms with Crippen LogP contribution in [-0.2, 0) is 0 Å². The molecule has 1 heteroatoms. The van der Waals surface area contributed by atoms with Gasteiger partial charge in [-0.15, -0.1) is 0 Å². The van der Waals surface area contributed by atoms with Crippen LogP contribution in [0.15, 0.2) is 83.6 Å². The van der Waals surface area contributed by atoms with E-state index in [1.807, 2.05) is 0 Å². The Morgan fingerprint density at radius 3 is 1.65 bits per heavy atom. The molecule has 0 unspecified atom stereocenters. The Bertz CT molecular complexity index is 691. The van der Waals surface area contributed by atoms with Crippen LogP contribution in [0.4, 0.5) is 0 Å². The first-order valence-electron chi connectivity index (χ1n) is 8.47. The number of benzene rings is 2. The summed E-state index contributed by atoms with van der Waals surface area (Å²) in [6.07, 6.45) is 5.99. The molecular formula is C22H26Si. The summed E-state index contributed by atoms with van der Waals surface area (Å²) < 4.78 is 0. The monoisotopic (exact) mass is 318 g/mol. The first-order valence-corrected chi connectivity index (χ1v) is 11.0. The molecule has 0 bridgehead atoms. The summed E-state index contributed by atoms with van der Waals surface area (Å²) in [5.74, 6) is 0. The molecule has 0 saturated heterocycles. The molecule has 0 heterocycles. The Kier molecular flexibility index (Phi) is 4.16. The molecule has 0 aromatic heterocycles. The Morgan fingerprint density at radius 2 is 1.22 bits per heavy atom. The lowest BCUT2D eigenvalue weighted by atomic mass is 9.87. The van der Waals surface area contributed by atoms with E-state index in [0.29, 0.717) is 0 Å². The fourth-order valence-corrected chi connectivity index (χ4v) is 7.93. The van der Waals surface area contributed by atoms with Crippen LogP contribution in [0.25, 0.3) is 0 Å². The Hall–Kier alpha value is -1.86. The second kappa shape index (κ2) is 5.97. The van der Waals surface area contributed by atoms with Crippen LogP contribution in [0, 0.1) is 5.41 Å². The average Bonchev–Trinajstić information content (AvgIpc) is 3.06. The van der Waals surface area contributed by atoms with Crippen LogP contribution in [-0.4, -0.2) is 8.07 Å². The molecule has 3 rings (SSSR count). The zero-order valence-electron chi connectivity index (χ0n) is 14.6. The van der Waals surface area contributed by atoms with Crippen LogP contribution < -0.4 is 10.4 Å². The van der Waals surface area contributed by atoms with E-state index in [1.165, 1.54) is 10.4 Å². The summed E-state index contributed by atoms with van der Waals surface area (Å²) in [6.45, 7) is 9.52. The normalized spacial score (nSPS) is 15.3. The summed E-state index contributed by atoms with van der Waals surface area (Å²) in [7, 11) is -1.95. The van der Waals surface area contributed by atoms with Crippen molar-refractivity contribution in [2.45, 2.75) is 33.7 Å². The number of allylic oxidation sites excluding steroid dienone is 4. The molecule has 1 aliphatic rings. The van der Waals surface area contributed by atoms with Crippen molar-refractivity contribution in [1.29, 1.82) is 0 Å². The highest BCUT2D eigenvalue weighted by Gasteiger charge is 2.40. The van der Waals surface area contributed by atoms with Crippen molar-refractivity contribution < 1.29 is 0 Å². The molecule has 118 valence electrons. The molecule has 0 spiro atoms. The van der Waals surface area contributed by atoms with Crippen molar-refractivity contribution in [3.05, 3.63) is 83.6 Å². The third-order valence-corrected chi connectivity index (χ3v) is 9.51. The number of hydrogen-bond acceptors (Lipinski definition) is 0. The molecule has 0 N–H and O–H groups in total. The maximum absolute atomic E-state index is 2.51. The van der Waals surface area contributed by atoms with Crippen LogP contribution in [0.2, 0.25) is 6.55 Å². The molecule has 2 aromatic rings. The van der Waals surface area contributed by atoms with Crippen molar-refractivity contribution in [1.82, 2.24) is 0 Å². The predicted molar refractivity (Wildman–Crippen MR) is 104 cm³/mol. The molecule has 0 radical (unpaired) electrons. The molecule has 0 saturated carbocycles. The molecule has 0 atom stereocenters. The third-order valence-electron chi connectivity index (χ3n) is 4.98. The van der Waals surface area contributed by atoms with E-state index in [2.05, 4.69) is 100 Å². The number of hydrogen-bond donors (Lipinski definition) is 0. The van der Waals surface area contributed by atoms with Crippen molar-refractivity contribution in [3.8, 4) is 0 Å². The SMILES string of the molecule is CC(C)(C)C1=CCC=C1[Si](C)(c1ccccc1)c1ccccc1. The lowest BCUT2D eigenvalue weighted by Crippen LogP contribution is -2.58. The lowest BCUT2D eigenvalue weighted by Gasteiger charge is -2.36. The van der Waals surface area contributed by atoms with Gasteiger partial charge in [0.1, 0.15) is 8.07 Å². The van der Waals surface area contributed by atoms with Crippen LogP contribution in [0.5, 0.6) is 0 Å². The largest absolute Gasteiger partial charge is 0.145 e. The molecule has 0 amide bonds. The van der Waals surface area contributed by atoms with E-state index in [1.54, 1.807) is 10.8 Å².